The van der Waals surface area contributed by atoms with Crippen LogP contribution in [0.4, 0.5) is 8.78 Å². The molecule has 5 nitrogen and oxygen atoms in total. The average Bonchev–Trinajstić information content (AvgIpc) is 3.40. The number of halogens is 2. The van der Waals surface area contributed by atoms with Gasteiger partial charge in [-0.25, -0.2) is 8.78 Å². The largest absolute Gasteiger partial charge is 0.466 e. The first kappa shape index (κ1) is 19.6. The monoisotopic (exact) mass is 379 g/mol. The molecule has 2 saturated carbocycles. The fraction of sp³-hybridized carbons (Fsp3) is 0.600. The van der Waals surface area contributed by atoms with E-state index in [4.69, 9.17) is 4.74 Å². The van der Waals surface area contributed by atoms with E-state index in [-0.39, 0.29) is 35.5 Å². The molecule has 2 N–H and O–H groups in total. The van der Waals surface area contributed by atoms with E-state index in [1.165, 1.54) is 18.2 Å². The second-order valence-corrected chi connectivity index (χ2v) is 7.25. The Morgan fingerprint density at radius 1 is 1.19 bits per heavy atom. The van der Waals surface area contributed by atoms with Crippen LogP contribution in [-0.4, -0.2) is 37.7 Å². The molecule has 1 aromatic carbocycles. The van der Waals surface area contributed by atoms with Crippen molar-refractivity contribution in [1.82, 2.24) is 10.6 Å². The molecule has 0 amide bonds. The molecule has 0 aliphatic heterocycles. The number of esters is 1. The van der Waals surface area contributed by atoms with Gasteiger partial charge in [-0.15, -0.1) is 0 Å². The van der Waals surface area contributed by atoms with Crippen molar-refractivity contribution in [1.29, 1.82) is 0 Å². The number of nitrogens with zero attached hydrogens (tertiary/aromatic N) is 1. The summed E-state index contributed by atoms with van der Waals surface area (Å²) >= 11 is 0. The zero-order chi connectivity index (χ0) is 19.4. The molecule has 2 aliphatic carbocycles. The summed E-state index contributed by atoms with van der Waals surface area (Å²) in [5.74, 6) is -0.654. The molecule has 0 bridgehead atoms. The van der Waals surface area contributed by atoms with Crippen LogP contribution in [0, 0.1) is 17.6 Å². The molecule has 3 rings (SSSR count). The average molecular weight is 379 g/mol. The van der Waals surface area contributed by atoms with Crippen molar-refractivity contribution < 1.29 is 18.3 Å². The molecule has 7 heteroatoms. The van der Waals surface area contributed by atoms with Gasteiger partial charge in [-0.2, -0.15) is 0 Å². The molecule has 2 atom stereocenters. The van der Waals surface area contributed by atoms with Crippen LogP contribution >= 0.6 is 0 Å². The highest BCUT2D eigenvalue weighted by atomic mass is 19.1. The first-order valence-electron chi connectivity index (χ1n) is 9.63. The van der Waals surface area contributed by atoms with E-state index in [9.17, 15) is 13.6 Å². The number of guanidine groups is 1. The van der Waals surface area contributed by atoms with Gasteiger partial charge in [0.15, 0.2) is 5.96 Å². The predicted molar refractivity (Wildman–Crippen MR) is 99.5 cm³/mol. The van der Waals surface area contributed by atoms with Crippen molar-refractivity contribution >= 4 is 11.9 Å². The van der Waals surface area contributed by atoms with E-state index in [0.717, 1.165) is 25.7 Å². The van der Waals surface area contributed by atoms with Crippen molar-refractivity contribution in [3.8, 4) is 0 Å². The fourth-order valence-corrected chi connectivity index (χ4v) is 3.81. The SMILES string of the molecule is CCOC(=O)C1CCC(NC(=NC)NC2CC2c2c(F)cccc2F)CC1. The minimum atomic E-state index is -0.496. The van der Waals surface area contributed by atoms with Gasteiger partial charge in [0.25, 0.3) is 0 Å². The van der Waals surface area contributed by atoms with Crippen LogP contribution in [0.2, 0.25) is 0 Å². The highest BCUT2D eigenvalue weighted by Gasteiger charge is 2.42. The molecule has 0 saturated heterocycles. The molecule has 2 fully saturated rings. The van der Waals surface area contributed by atoms with Gasteiger partial charge in [-0.3, -0.25) is 9.79 Å². The van der Waals surface area contributed by atoms with E-state index < -0.39 is 11.6 Å². The van der Waals surface area contributed by atoms with Crippen LogP contribution in [0.5, 0.6) is 0 Å². The number of aliphatic imine (C=N–C) groups is 1. The summed E-state index contributed by atoms with van der Waals surface area (Å²) in [5.41, 5.74) is 0.153. The normalized spacial score (nSPS) is 27.8. The van der Waals surface area contributed by atoms with Crippen molar-refractivity contribution in [2.45, 2.75) is 57.0 Å². The number of nitrogens with one attached hydrogen (secondary N) is 2. The minimum Gasteiger partial charge on any atom is -0.466 e. The summed E-state index contributed by atoms with van der Waals surface area (Å²) < 4.78 is 32.9. The molecule has 0 heterocycles. The molecule has 27 heavy (non-hydrogen) atoms. The summed E-state index contributed by atoms with van der Waals surface area (Å²) in [6.45, 7) is 2.23. The maximum absolute atomic E-state index is 13.9. The predicted octanol–water partition coefficient (Wildman–Crippen LogP) is 3.11. The molecule has 0 radical (unpaired) electrons. The van der Waals surface area contributed by atoms with Gasteiger partial charge in [0.05, 0.1) is 12.5 Å². The lowest BCUT2D eigenvalue weighted by Gasteiger charge is -2.29. The zero-order valence-electron chi connectivity index (χ0n) is 15.8. The topological polar surface area (TPSA) is 62.7 Å². The minimum absolute atomic E-state index is 0.0187. The highest BCUT2D eigenvalue weighted by Crippen LogP contribution is 2.43. The van der Waals surface area contributed by atoms with Gasteiger partial charge < -0.3 is 15.4 Å². The van der Waals surface area contributed by atoms with Gasteiger partial charge in [-0.05, 0) is 51.2 Å². The lowest BCUT2D eigenvalue weighted by Crippen LogP contribution is -2.46. The third-order valence-corrected chi connectivity index (χ3v) is 5.39. The third kappa shape index (κ3) is 4.76. The zero-order valence-corrected chi connectivity index (χ0v) is 15.8. The molecule has 148 valence electrons. The van der Waals surface area contributed by atoms with Gasteiger partial charge in [0.2, 0.25) is 0 Å². The fourth-order valence-electron chi connectivity index (χ4n) is 3.81. The first-order valence-corrected chi connectivity index (χ1v) is 9.63. The summed E-state index contributed by atoms with van der Waals surface area (Å²) in [6, 6.07) is 4.17. The standard InChI is InChI=1S/C20H27F2N3O2/c1-3-27-19(26)12-7-9-13(10-8-12)24-20(23-2)25-17-11-14(17)18-15(21)5-4-6-16(18)22/h4-6,12-14,17H,3,7-11H2,1-2H3,(H2,23,24,25). The Kier molecular flexibility index (Phi) is 6.29. The Bertz CT molecular complexity index is 682. The molecular weight excluding hydrogens is 352 g/mol. The summed E-state index contributed by atoms with van der Waals surface area (Å²) in [5, 5.41) is 6.63. The lowest BCUT2D eigenvalue weighted by atomic mass is 9.86. The van der Waals surface area contributed by atoms with Crippen LogP contribution < -0.4 is 10.6 Å². The Hall–Kier alpha value is -2.18. The van der Waals surface area contributed by atoms with E-state index in [0.29, 0.717) is 19.0 Å². The number of ether oxygens (including phenoxy) is 1. The lowest BCUT2D eigenvalue weighted by molar-refractivity contribution is -0.149. The molecule has 1 aromatic rings. The van der Waals surface area contributed by atoms with Crippen LogP contribution in [0.25, 0.3) is 0 Å². The number of rotatable bonds is 5. The van der Waals surface area contributed by atoms with Gasteiger partial charge in [-0.1, -0.05) is 6.07 Å². The number of hydrogen-bond donors (Lipinski definition) is 2. The first-order chi connectivity index (χ1) is 13.0. The van der Waals surface area contributed by atoms with Crippen LogP contribution in [-0.2, 0) is 9.53 Å². The quantitative estimate of drug-likeness (QED) is 0.469. The Balaban J connectivity index is 1.48. The third-order valence-electron chi connectivity index (χ3n) is 5.39. The van der Waals surface area contributed by atoms with E-state index in [1.807, 2.05) is 6.92 Å². The number of carbonyl (C=O) groups excluding carboxylic acids is 1. The number of benzene rings is 1. The molecule has 0 spiro atoms. The maximum atomic E-state index is 13.9. The van der Waals surface area contributed by atoms with Crippen LogP contribution in [0.15, 0.2) is 23.2 Å². The Labute approximate surface area is 158 Å². The molecule has 2 aliphatic rings. The van der Waals surface area contributed by atoms with Crippen molar-refractivity contribution in [2.75, 3.05) is 13.7 Å². The van der Waals surface area contributed by atoms with Crippen molar-refractivity contribution in [2.24, 2.45) is 10.9 Å². The smallest absolute Gasteiger partial charge is 0.308 e. The highest BCUT2D eigenvalue weighted by molar-refractivity contribution is 5.81. The van der Waals surface area contributed by atoms with Crippen molar-refractivity contribution in [3.05, 3.63) is 35.4 Å². The molecular formula is C20H27F2N3O2. The van der Waals surface area contributed by atoms with Crippen LogP contribution in [0.1, 0.15) is 50.5 Å². The second kappa shape index (κ2) is 8.67. The van der Waals surface area contributed by atoms with E-state index in [1.54, 1.807) is 7.05 Å². The van der Waals surface area contributed by atoms with Gasteiger partial charge >= 0.3 is 5.97 Å². The summed E-state index contributed by atoms with van der Waals surface area (Å²) in [7, 11) is 1.68. The maximum Gasteiger partial charge on any atom is 0.308 e. The van der Waals surface area contributed by atoms with Crippen molar-refractivity contribution in [3.63, 3.8) is 0 Å². The van der Waals surface area contributed by atoms with Gasteiger partial charge in [0, 0.05) is 30.6 Å². The summed E-state index contributed by atoms with van der Waals surface area (Å²) in [6.07, 6.45) is 3.98. The second-order valence-electron chi connectivity index (χ2n) is 7.25. The number of carbonyl (C=O) groups is 1. The summed E-state index contributed by atoms with van der Waals surface area (Å²) in [4.78, 5) is 16.1. The van der Waals surface area contributed by atoms with Gasteiger partial charge in [0.1, 0.15) is 11.6 Å². The molecule has 2 unspecified atom stereocenters. The Morgan fingerprint density at radius 2 is 1.85 bits per heavy atom. The number of hydrogen-bond acceptors (Lipinski definition) is 3. The van der Waals surface area contributed by atoms with E-state index in [2.05, 4.69) is 15.6 Å². The Morgan fingerprint density at radius 3 is 2.44 bits per heavy atom. The molecule has 0 aromatic heterocycles. The van der Waals surface area contributed by atoms with E-state index >= 15 is 0 Å². The van der Waals surface area contributed by atoms with Crippen LogP contribution in [0.3, 0.4) is 0 Å².